The number of aliphatic hydroxyl groups excluding tert-OH is 1. The van der Waals surface area contributed by atoms with Gasteiger partial charge in [0.15, 0.2) is 0 Å². The lowest BCUT2D eigenvalue weighted by molar-refractivity contribution is 0.0642. The number of methoxy groups -OCH3 is 2. The highest BCUT2D eigenvalue weighted by Gasteiger charge is 2.02. The molecule has 0 aromatic carbocycles. The van der Waals surface area contributed by atoms with Crippen LogP contribution in [-0.2, 0) is 9.47 Å². The molecule has 0 saturated heterocycles. The van der Waals surface area contributed by atoms with Gasteiger partial charge in [0.25, 0.3) is 0 Å². The number of aliphatic hydroxyl groups is 1. The molecule has 0 spiro atoms. The van der Waals surface area contributed by atoms with Crippen molar-refractivity contribution in [3.8, 4) is 0 Å². The van der Waals surface area contributed by atoms with E-state index < -0.39 is 6.10 Å². The van der Waals surface area contributed by atoms with Crippen LogP contribution in [0.3, 0.4) is 0 Å². The molecule has 15 heavy (non-hydrogen) atoms. The number of ether oxygens (including phenoxy) is 2. The van der Waals surface area contributed by atoms with Crippen molar-refractivity contribution in [2.24, 2.45) is 0 Å². The minimum absolute atomic E-state index is 0.381. The summed E-state index contributed by atoms with van der Waals surface area (Å²) >= 11 is 0. The molecule has 0 aromatic heterocycles. The lowest BCUT2D eigenvalue weighted by Gasteiger charge is -2.17. The third kappa shape index (κ3) is 10.1. The first-order valence-corrected chi connectivity index (χ1v) is 5.26. The van der Waals surface area contributed by atoms with Crippen molar-refractivity contribution < 1.29 is 14.6 Å². The van der Waals surface area contributed by atoms with Crippen LogP contribution in [-0.4, -0.2) is 76.8 Å². The summed E-state index contributed by atoms with van der Waals surface area (Å²) in [6.45, 7) is 4.45. The molecule has 0 aliphatic carbocycles. The Labute approximate surface area is 92.4 Å². The molecule has 5 nitrogen and oxygen atoms in total. The van der Waals surface area contributed by atoms with Gasteiger partial charge in [-0.05, 0) is 7.05 Å². The highest BCUT2D eigenvalue weighted by atomic mass is 16.5. The summed E-state index contributed by atoms with van der Waals surface area (Å²) in [7, 11) is 5.33. The molecule has 0 aliphatic heterocycles. The molecule has 0 heterocycles. The van der Waals surface area contributed by atoms with Gasteiger partial charge in [0.2, 0.25) is 0 Å². The van der Waals surface area contributed by atoms with Gasteiger partial charge in [-0.2, -0.15) is 0 Å². The molecular weight excluding hydrogens is 196 g/mol. The van der Waals surface area contributed by atoms with E-state index in [0.717, 1.165) is 26.2 Å². The van der Waals surface area contributed by atoms with Crippen LogP contribution in [0.15, 0.2) is 0 Å². The minimum Gasteiger partial charge on any atom is -0.389 e. The molecule has 1 unspecified atom stereocenters. The highest BCUT2D eigenvalue weighted by molar-refractivity contribution is 4.60. The van der Waals surface area contributed by atoms with Crippen molar-refractivity contribution >= 4 is 0 Å². The van der Waals surface area contributed by atoms with E-state index in [9.17, 15) is 5.11 Å². The summed E-state index contributed by atoms with van der Waals surface area (Å²) in [6, 6.07) is 0. The van der Waals surface area contributed by atoms with E-state index in [1.165, 1.54) is 0 Å². The maximum atomic E-state index is 9.33. The van der Waals surface area contributed by atoms with Crippen LogP contribution < -0.4 is 5.32 Å². The Morgan fingerprint density at radius 1 is 1.27 bits per heavy atom. The van der Waals surface area contributed by atoms with Crippen LogP contribution in [0, 0.1) is 0 Å². The number of nitrogens with zero attached hydrogens (tertiary/aromatic N) is 1. The predicted octanol–water partition coefficient (Wildman–Crippen LogP) is -0.838. The summed E-state index contributed by atoms with van der Waals surface area (Å²) in [5, 5.41) is 12.5. The standard InChI is InChI=1S/C10H24N2O3/c1-12(6-7-14-2)5-4-11-8-10(13)9-15-3/h10-11,13H,4-9H2,1-3H3. The smallest absolute Gasteiger partial charge is 0.0897 e. The molecule has 2 N–H and O–H groups in total. The number of nitrogens with one attached hydrogen (secondary N) is 1. The lowest BCUT2D eigenvalue weighted by Crippen LogP contribution is -2.36. The molecule has 0 aliphatic rings. The summed E-state index contributed by atoms with van der Waals surface area (Å²) in [5.41, 5.74) is 0. The van der Waals surface area contributed by atoms with Crippen molar-refractivity contribution in [3.05, 3.63) is 0 Å². The van der Waals surface area contributed by atoms with Crippen LogP contribution >= 0.6 is 0 Å². The van der Waals surface area contributed by atoms with Gasteiger partial charge in [0, 0.05) is 40.4 Å². The van der Waals surface area contributed by atoms with E-state index in [1.807, 2.05) is 7.05 Å². The quantitative estimate of drug-likeness (QED) is 0.470. The first-order chi connectivity index (χ1) is 7.20. The van der Waals surface area contributed by atoms with Crippen molar-refractivity contribution in [3.63, 3.8) is 0 Å². The molecule has 5 heteroatoms. The maximum Gasteiger partial charge on any atom is 0.0897 e. The van der Waals surface area contributed by atoms with E-state index in [0.29, 0.717) is 13.2 Å². The van der Waals surface area contributed by atoms with Gasteiger partial charge in [-0.15, -0.1) is 0 Å². The first-order valence-electron chi connectivity index (χ1n) is 5.26. The Balaban J connectivity index is 3.22. The van der Waals surface area contributed by atoms with Crippen LogP contribution in [0.4, 0.5) is 0 Å². The van der Waals surface area contributed by atoms with E-state index in [4.69, 9.17) is 9.47 Å². The van der Waals surface area contributed by atoms with Gasteiger partial charge >= 0.3 is 0 Å². The van der Waals surface area contributed by atoms with Crippen LogP contribution in [0.1, 0.15) is 0 Å². The zero-order valence-corrected chi connectivity index (χ0v) is 10.0. The minimum atomic E-state index is -0.417. The summed E-state index contributed by atoms with van der Waals surface area (Å²) in [6.07, 6.45) is -0.417. The molecule has 0 fully saturated rings. The van der Waals surface area contributed by atoms with E-state index >= 15 is 0 Å². The van der Waals surface area contributed by atoms with Gasteiger partial charge in [-0.3, -0.25) is 0 Å². The van der Waals surface area contributed by atoms with Crippen LogP contribution in [0.5, 0.6) is 0 Å². The average molecular weight is 220 g/mol. The predicted molar refractivity (Wildman–Crippen MR) is 60.1 cm³/mol. The maximum absolute atomic E-state index is 9.33. The van der Waals surface area contributed by atoms with E-state index in [1.54, 1.807) is 14.2 Å². The molecule has 0 bridgehead atoms. The zero-order valence-electron chi connectivity index (χ0n) is 10.0. The number of rotatable bonds is 10. The lowest BCUT2D eigenvalue weighted by atomic mass is 10.4. The second-order valence-corrected chi connectivity index (χ2v) is 3.61. The van der Waals surface area contributed by atoms with Gasteiger partial charge in [-0.1, -0.05) is 0 Å². The first kappa shape index (κ1) is 14.8. The monoisotopic (exact) mass is 220 g/mol. The highest BCUT2D eigenvalue weighted by Crippen LogP contribution is 1.83. The fourth-order valence-electron chi connectivity index (χ4n) is 1.15. The Hall–Kier alpha value is -0.200. The zero-order chi connectivity index (χ0) is 11.5. The molecule has 1 atom stereocenters. The summed E-state index contributed by atoms with van der Waals surface area (Å²) in [4.78, 5) is 2.18. The molecule has 0 radical (unpaired) electrons. The molecule has 0 saturated carbocycles. The second-order valence-electron chi connectivity index (χ2n) is 3.61. The normalized spacial score (nSPS) is 13.4. The number of hydrogen-bond acceptors (Lipinski definition) is 5. The van der Waals surface area contributed by atoms with Crippen molar-refractivity contribution in [2.45, 2.75) is 6.10 Å². The van der Waals surface area contributed by atoms with E-state index in [2.05, 4.69) is 10.2 Å². The van der Waals surface area contributed by atoms with Crippen molar-refractivity contribution in [1.82, 2.24) is 10.2 Å². The molecule has 92 valence electrons. The van der Waals surface area contributed by atoms with Crippen molar-refractivity contribution in [2.75, 3.05) is 60.7 Å². The third-order valence-corrected chi connectivity index (χ3v) is 2.09. The van der Waals surface area contributed by atoms with Crippen LogP contribution in [0.25, 0.3) is 0 Å². The number of likely N-dealkylation sites (N-methyl/N-ethyl adjacent to an activating group) is 1. The number of hydrogen-bond donors (Lipinski definition) is 2. The van der Waals surface area contributed by atoms with Crippen LogP contribution in [0.2, 0.25) is 0 Å². The molecule has 0 aromatic rings. The van der Waals surface area contributed by atoms with Gasteiger partial charge < -0.3 is 24.8 Å². The van der Waals surface area contributed by atoms with Gasteiger partial charge in [0.1, 0.15) is 0 Å². The van der Waals surface area contributed by atoms with E-state index in [-0.39, 0.29) is 0 Å². The fourth-order valence-corrected chi connectivity index (χ4v) is 1.15. The largest absolute Gasteiger partial charge is 0.389 e. The van der Waals surface area contributed by atoms with Gasteiger partial charge in [0.05, 0.1) is 19.3 Å². The fraction of sp³-hybridized carbons (Fsp3) is 1.00. The Bertz CT molecular complexity index is 136. The molecule has 0 rings (SSSR count). The van der Waals surface area contributed by atoms with Gasteiger partial charge in [-0.25, -0.2) is 0 Å². The average Bonchev–Trinajstić information content (AvgIpc) is 2.22. The Morgan fingerprint density at radius 3 is 2.60 bits per heavy atom. The summed E-state index contributed by atoms with van der Waals surface area (Å²) < 4.78 is 9.79. The van der Waals surface area contributed by atoms with Crippen molar-refractivity contribution in [1.29, 1.82) is 0 Å². The third-order valence-electron chi connectivity index (χ3n) is 2.09. The topological polar surface area (TPSA) is 54.0 Å². The molecule has 0 amide bonds. The second kappa shape index (κ2) is 10.3. The Kier molecular flexibility index (Phi) is 10.2. The molecular formula is C10H24N2O3. The Morgan fingerprint density at radius 2 is 2.00 bits per heavy atom. The SMILES string of the molecule is COCCN(C)CCNCC(O)COC. The summed E-state index contributed by atoms with van der Waals surface area (Å²) in [5.74, 6) is 0.